The fourth-order valence-corrected chi connectivity index (χ4v) is 1.59. The molecule has 0 amide bonds. The summed E-state index contributed by atoms with van der Waals surface area (Å²) < 4.78 is 42.5. The Bertz CT molecular complexity index is 425. The van der Waals surface area contributed by atoms with Gasteiger partial charge in [0.1, 0.15) is 12.6 Å². The van der Waals surface area contributed by atoms with Gasteiger partial charge in [-0.1, -0.05) is 12.1 Å². The van der Waals surface area contributed by atoms with E-state index in [1.807, 2.05) is 0 Å². The third kappa shape index (κ3) is 2.18. The highest BCUT2D eigenvalue weighted by atomic mass is 19.4. The summed E-state index contributed by atoms with van der Waals surface area (Å²) in [7, 11) is 0. The van der Waals surface area contributed by atoms with Gasteiger partial charge < -0.3 is 4.74 Å². The number of halogens is 3. The summed E-state index contributed by atoms with van der Waals surface area (Å²) in [6.07, 6.45) is -4.31. The molecule has 0 fully saturated rings. The molecule has 0 radical (unpaired) electrons. The second-order valence-corrected chi connectivity index (χ2v) is 3.60. The van der Waals surface area contributed by atoms with Gasteiger partial charge in [-0.05, 0) is 17.7 Å². The predicted octanol–water partition coefficient (Wildman–Crippen LogP) is 3.20. The molecule has 2 rings (SSSR count). The first kappa shape index (κ1) is 11.0. The van der Waals surface area contributed by atoms with E-state index in [1.54, 1.807) is 13.0 Å². The van der Waals surface area contributed by atoms with Gasteiger partial charge >= 0.3 is 6.18 Å². The molecule has 5 heteroatoms. The minimum absolute atomic E-state index is 0.313. The third-order valence-corrected chi connectivity index (χ3v) is 2.39. The zero-order valence-corrected chi connectivity index (χ0v) is 8.58. The van der Waals surface area contributed by atoms with Crippen LogP contribution in [-0.4, -0.2) is 12.5 Å². The average Bonchev–Trinajstić information content (AvgIpc) is 2.64. The number of alkyl halides is 3. The van der Waals surface area contributed by atoms with Crippen molar-refractivity contribution in [2.75, 3.05) is 6.61 Å². The molecule has 16 heavy (non-hydrogen) atoms. The largest absolute Gasteiger partial charge is 0.479 e. The Labute approximate surface area is 90.8 Å². The molecule has 0 saturated heterocycles. The average molecular weight is 229 g/mol. The standard InChI is InChI=1S/C11H10F3NO/c1-7-15-10(6-16-7)8-3-2-4-9(5-8)11(12,13)14/h2-5,10H,6H2,1H3/t10-/m1/s1. The van der Waals surface area contributed by atoms with Gasteiger partial charge in [-0.3, -0.25) is 0 Å². The van der Waals surface area contributed by atoms with Gasteiger partial charge in [-0.25, -0.2) is 4.99 Å². The molecule has 0 aliphatic carbocycles. The van der Waals surface area contributed by atoms with Crippen molar-refractivity contribution >= 4 is 5.90 Å². The van der Waals surface area contributed by atoms with Gasteiger partial charge in [-0.15, -0.1) is 0 Å². The highest BCUT2D eigenvalue weighted by Crippen LogP contribution is 2.32. The number of nitrogens with zero attached hydrogens (tertiary/aromatic N) is 1. The Morgan fingerprint density at radius 3 is 2.69 bits per heavy atom. The van der Waals surface area contributed by atoms with E-state index in [-0.39, 0.29) is 6.04 Å². The normalized spacial score (nSPS) is 20.5. The van der Waals surface area contributed by atoms with Crippen LogP contribution in [0.3, 0.4) is 0 Å². The minimum atomic E-state index is -4.31. The molecule has 0 spiro atoms. The SMILES string of the molecule is CC1=N[C@@H](c2cccc(C(F)(F)F)c2)CO1. The number of hydrogen-bond donors (Lipinski definition) is 0. The molecule has 1 aliphatic rings. The van der Waals surface area contributed by atoms with Crippen LogP contribution in [0.5, 0.6) is 0 Å². The first-order valence-electron chi connectivity index (χ1n) is 4.81. The molecule has 1 aliphatic heterocycles. The lowest BCUT2D eigenvalue weighted by atomic mass is 10.1. The fourth-order valence-electron chi connectivity index (χ4n) is 1.59. The number of rotatable bonds is 1. The Balaban J connectivity index is 2.30. The molecule has 1 heterocycles. The molecular formula is C11H10F3NO. The van der Waals surface area contributed by atoms with Gasteiger partial charge in [0.15, 0.2) is 5.90 Å². The van der Waals surface area contributed by atoms with Crippen molar-refractivity contribution in [1.29, 1.82) is 0 Å². The lowest BCUT2D eigenvalue weighted by Gasteiger charge is -2.10. The zero-order chi connectivity index (χ0) is 11.8. The van der Waals surface area contributed by atoms with Gasteiger partial charge in [0.25, 0.3) is 0 Å². The molecule has 1 aromatic rings. The van der Waals surface area contributed by atoms with E-state index in [2.05, 4.69) is 4.99 Å². The van der Waals surface area contributed by atoms with Gasteiger partial charge in [0.2, 0.25) is 0 Å². The first-order valence-corrected chi connectivity index (χ1v) is 4.81. The van der Waals surface area contributed by atoms with E-state index < -0.39 is 11.7 Å². The molecule has 0 unspecified atom stereocenters. The minimum Gasteiger partial charge on any atom is -0.479 e. The first-order chi connectivity index (χ1) is 7.47. The third-order valence-electron chi connectivity index (χ3n) is 2.39. The van der Waals surface area contributed by atoms with E-state index in [0.717, 1.165) is 12.1 Å². The Morgan fingerprint density at radius 1 is 1.38 bits per heavy atom. The van der Waals surface area contributed by atoms with Gasteiger partial charge in [-0.2, -0.15) is 13.2 Å². The molecule has 2 nitrogen and oxygen atoms in total. The summed E-state index contributed by atoms with van der Waals surface area (Å²) in [4.78, 5) is 4.11. The van der Waals surface area contributed by atoms with Crippen molar-refractivity contribution in [3.8, 4) is 0 Å². The summed E-state index contributed by atoms with van der Waals surface area (Å²) in [5.74, 6) is 0.516. The zero-order valence-electron chi connectivity index (χ0n) is 8.58. The van der Waals surface area contributed by atoms with Gasteiger partial charge in [0, 0.05) is 6.92 Å². The molecule has 0 aromatic heterocycles. The van der Waals surface area contributed by atoms with Crippen molar-refractivity contribution in [2.24, 2.45) is 4.99 Å². The summed E-state index contributed by atoms with van der Waals surface area (Å²) in [6, 6.07) is 4.88. The second kappa shape index (κ2) is 3.81. The summed E-state index contributed by atoms with van der Waals surface area (Å²) in [5.41, 5.74) is -0.114. The van der Waals surface area contributed by atoms with Crippen molar-refractivity contribution in [2.45, 2.75) is 19.1 Å². The maximum absolute atomic E-state index is 12.5. The second-order valence-electron chi connectivity index (χ2n) is 3.60. The molecule has 0 saturated carbocycles. The van der Waals surface area contributed by atoms with E-state index in [4.69, 9.17) is 4.74 Å². The van der Waals surface area contributed by atoms with Crippen LogP contribution in [0.2, 0.25) is 0 Å². The topological polar surface area (TPSA) is 21.6 Å². The van der Waals surface area contributed by atoms with Gasteiger partial charge in [0.05, 0.1) is 5.56 Å². The smallest absolute Gasteiger partial charge is 0.416 e. The van der Waals surface area contributed by atoms with Crippen LogP contribution in [-0.2, 0) is 10.9 Å². The summed E-state index contributed by atoms with van der Waals surface area (Å²) in [6.45, 7) is 2.00. The lowest BCUT2D eigenvalue weighted by molar-refractivity contribution is -0.137. The van der Waals surface area contributed by atoms with Crippen LogP contribution >= 0.6 is 0 Å². The quantitative estimate of drug-likeness (QED) is 0.724. The maximum Gasteiger partial charge on any atom is 0.416 e. The Kier molecular flexibility index (Phi) is 2.61. The molecule has 1 aromatic carbocycles. The monoisotopic (exact) mass is 229 g/mol. The molecule has 1 atom stereocenters. The van der Waals surface area contributed by atoms with Crippen LogP contribution in [0.1, 0.15) is 24.1 Å². The summed E-state index contributed by atoms with van der Waals surface area (Å²) in [5, 5.41) is 0. The van der Waals surface area contributed by atoms with E-state index >= 15 is 0 Å². The van der Waals surface area contributed by atoms with Crippen molar-refractivity contribution < 1.29 is 17.9 Å². The van der Waals surface area contributed by atoms with Crippen LogP contribution in [0, 0.1) is 0 Å². The van der Waals surface area contributed by atoms with Crippen LogP contribution < -0.4 is 0 Å². The van der Waals surface area contributed by atoms with Crippen LogP contribution in [0.4, 0.5) is 13.2 Å². The number of ether oxygens (including phenoxy) is 1. The van der Waals surface area contributed by atoms with Crippen molar-refractivity contribution in [1.82, 2.24) is 0 Å². The molecule has 86 valence electrons. The number of aliphatic imine (C=N–C) groups is 1. The highest BCUT2D eigenvalue weighted by Gasteiger charge is 2.31. The molecule has 0 bridgehead atoms. The number of hydrogen-bond acceptors (Lipinski definition) is 2. The highest BCUT2D eigenvalue weighted by molar-refractivity contribution is 5.75. The van der Waals surface area contributed by atoms with Crippen LogP contribution in [0.25, 0.3) is 0 Å². The van der Waals surface area contributed by atoms with Crippen LogP contribution in [0.15, 0.2) is 29.3 Å². The lowest BCUT2D eigenvalue weighted by Crippen LogP contribution is -2.06. The fraction of sp³-hybridized carbons (Fsp3) is 0.364. The van der Waals surface area contributed by atoms with E-state index in [9.17, 15) is 13.2 Å². The maximum atomic E-state index is 12.5. The Morgan fingerprint density at radius 2 is 2.12 bits per heavy atom. The van der Waals surface area contributed by atoms with E-state index in [1.165, 1.54) is 6.07 Å². The number of benzene rings is 1. The van der Waals surface area contributed by atoms with Crippen molar-refractivity contribution in [3.63, 3.8) is 0 Å². The Hall–Kier alpha value is -1.52. The predicted molar refractivity (Wildman–Crippen MR) is 53.2 cm³/mol. The molecule has 0 N–H and O–H groups in total. The molecular weight excluding hydrogens is 219 g/mol. The summed E-state index contributed by atoms with van der Waals surface area (Å²) >= 11 is 0. The van der Waals surface area contributed by atoms with Crippen molar-refractivity contribution in [3.05, 3.63) is 35.4 Å². The van der Waals surface area contributed by atoms with E-state index in [0.29, 0.717) is 18.1 Å².